The van der Waals surface area contributed by atoms with E-state index in [9.17, 15) is 4.79 Å². The maximum Gasteiger partial charge on any atom is 0.222 e. The highest BCUT2D eigenvalue weighted by molar-refractivity contribution is 5.68. The van der Waals surface area contributed by atoms with E-state index in [4.69, 9.17) is 4.74 Å². The van der Waals surface area contributed by atoms with Gasteiger partial charge in [-0.25, -0.2) is 4.98 Å². The molecule has 2 rings (SSSR count). The normalized spacial score (nSPS) is 9.81. The lowest BCUT2D eigenvalue weighted by molar-refractivity contribution is 0.111. The Morgan fingerprint density at radius 2 is 2.19 bits per heavy atom. The summed E-state index contributed by atoms with van der Waals surface area (Å²) in [6, 6.07) is 9.20. The lowest BCUT2D eigenvalue weighted by Gasteiger charge is -2.04. The van der Waals surface area contributed by atoms with E-state index in [1.807, 2.05) is 31.2 Å². The number of carbonyl (C=O) groups is 1. The van der Waals surface area contributed by atoms with Crippen molar-refractivity contribution in [3.63, 3.8) is 0 Å². The Bertz CT molecular complexity index is 512. The minimum absolute atomic E-state index is 0.116. The average molecular weight is 214 g/mol. The summed E-state index contributed by atoms with van der Waals surface area (Å²) in [5.41, 5.74) is 1.10. The molecule has 0 saturated carbocycles. The lowest BCUT2D eigenvalue weighted by Crippen LogP contribution is -1.94. The molecule has 0 N–H and O–H groups in total. The van der Waals surface area contributed by atoms with Gasteiger partial charge in [0.25, 0.3) is 0 Å². The largest absolute Gasteiger partial charge is 0.439 e. The molecule has 16 heavy (non-hydrogen) atoms. The van der Waals surface area contributed by atoms with E-state index < -0.39 is 0 Å². The first-order valence-electron chi connectivity index (χ1n) is 4.81. The van der Waals surface area contributed by atoms with Crippen LogP contribution < -0.4 is 4.74 Å². The molecule has 0 atom stereocenters. The molecule has 0 aliphatic heterocycles. The molecular formula is C12H10N2O2. The van der Waals surface area contributed by atoms with E-state index in [-0.39, 0.29) is 5.82 Å². The minimum Gasteiger partial charge on any atom is -0.439 e. The quantitative estimate of drug-likeness (QED) is 0.736. The Morgan fingerprint density at radius 3 is 2.94 bits per heavy atom. The molecule has 4 heteroatoms. The van der Waals surface area contributed by atoms with Crippen LogP contribution in [-0.4, -0.2) is 16.3 Å². The van der Waals surface area contributed by atoms with Crippen molar-refractivity contribution in [3.8, 4) is 11.6 Å². The third-order valence-corrected chi connectivity index (χ3v) is 1.97. The van der Waals surface area contributed by atoms with Crippen LogP contribution in [0.2, 0.25) is 0 Å². The fourth-order valence-electron chi connectivity index (χ4n) is 1.27. The number of ether oxygens (including phenoxy) is 1. The summed E-state index contributed by atoms with van der Waals surface area (Å²) < 4.78 is 5.49. The van der Waals surface area contributed by atoms with Gasteiger partial charge in [-0.15, -0.1) is 0 Å². The Morgan fingerprint density at radius 1 is 1.31 bits per heavy atom. The van der Waals surface area contributed by atoms with Gasteiger partial charge in [-0.1, -0.05) is 12.1 Å². The van der Waals surface area contributed by atoms with Crippen LogP contribution in [0.15, 0.2) is 36.5 Å². The predicted octanol–water partition coefficient (Wildman–Crippen LogP) is 2.39. The lowest BCUT2D eigenvalue weighted by atomic mass is 10.2. The molecule has 0 saturated heterocycles. The zero-order valence-electron chi connectivity index (χ0n) is 8.75. The second-order valence-corrected chi connectivity index (χ2v) is 3.29. The second-order valence-electron chi connectivity index (χ2n) is 3.29. The van der Waals surface area contributed by atoms with Gasteiger partial charge < -0.3 is 4.74 Å². The van der Waals surface area contributed by atoms with Crippen LogP contribution in [0.1, 0.15) is 16.2 Å². The van der Waals surface area contributed by atoms with Gasteiger partial charge >= 0.3 is 0 Å². The number of carbonyl (C=O) groups excluding carboxylic acids is 1. The molecule has 0 fully saturated rings. The second kappa shape index (κ2) is 4.53. The Kier molecular flexibility index (Phi) is 2.91. The Labute approximate surface area is 92.9 Å². The fraction of sp³-hybridized carbons (Fsp3) is 0.0833. The molecule has 0 spiro atoms. The molecule has 0 unspecified atom stereocenters. The molecule has 1 aromatic heterocycles. The third-order valence-electron chi connectivity index (χ3n) is 1.97. The number of aromatic nitrogens is 2. The minimum atomic E-state index is 0.116. The van der Waals surface area contributed by atoms with Crippen molar-refractivity contribution in [1.82, 2.24) is 9.97 Å². The van der Waals surface area contributed by atoms with Crippen LogP contribution in [0, 0.1) is 6.92 Å². The van der Waals surface area contributed by atoms with Gasteiger partial charge in [0.2, 0.25) is 5.88 Å². The standard InChI is InChI=1S/C12H10N2O2/c1-9-3-2-4-10(7-9)16-12-5-6-13-11(8-15)14-12/h2-8H,1H3. The summed E-state index contributed by atoms with van der Waals surface area (Å²) in [5, 5.41) is 0. The average Bonchev–Trinajstić information content (AvgIpc) is 2.29. The molecular weight excluding hydrogens is 204 g/mol. The van der Waals surface area contributed by atoms with Gasteiger partial charge in [0.1, 0.15) is 5.75 Å². The van der Waals surface area contributed by atoms with Gasteiger partial charge in [-0.3, -0.25) is 4.79 Å². The van der Waals surface area contributed by atoms with E-state index in [0.717, 1.165) is 5.56 Å². The maximum atomic E-state index is 10.5. The molecule has 0 aliphatic rings. The fourth-order valence-corrected chi connectivity index (χ4v) is 1.27. The number of nitrogens with zero attached hydrogens (tertiary/aromatic N) is 2. The molecule has 0 radical (unpaired) electrons. The number of hydrogen-bond acceptors (Lipinski definition) is 4. The summed E-state index contributed by atoms with van der Waals surface area (Å²) in [6.07, 6.45) is 2.07. The van der Waals surface area contributed by atoms with Crippen molar-refractivity contribution < 1.29 is 9.53 Å². The predicted molar refractivity (Wildman–Crippen MR) is 58.7 cm³/mol. The first-order valence-corrected chi connectivity index (χ1v) is 4.81. The highest BCUT2D eigenvalue weighted by atomic mass is 16.5. The van der Waals surface area contributed by atoms with Crippen molar-refractivity contribution in [3.05, 3.63) is 47.9 Å². The van der Waals surface area contributed by atoms with Crippen LogP contribution in [0.5, 0.6) is 11.6 Å². The van der Waals surface area contributed by atoms with Crippen LogP contribution in [0.3, 0.4) is 0 Å². The van der Waals surface area contributed by atoms with Crippen LogP contribution >= 0.6 is 0 Å². The summed E-state index contributed by atoms with van der Waals surface area (Å²) in [7, 11) is 0. The monoisotopic (exact) mass is 214 g/mol. The highest BCUT2D eigenvalue weighted by Gasteiger charge is 2.00. The van der Waals surface area contributed by atoms with Crippen molar-refractivity contribution in [2.45, 2.75) is 6.92 Å². The summed E-state index contributed by atoms with van der Waals surface area (Å²) >= 11 is 0. The third kappa shape index (κ3) is 2.42. The first-order chi connectivity index (χ1) is 7.78. The number of benzene rings is 1. The van der Waals surface area contributed by atoms with Gasteiger partial charge in [0.05, 0.1) is 0 Å². The van der Waals surface area contributed by atoms with Gasteiger partial charge in [0.15, 0.2) is 12.1 Å². The molecule has 1 aromatic carbocycles. The highest BCUT2D eigenvalue weighted by Crippen LogP contribution is 2.19. The summed E-state index contributed by atoms with van der Waals surface area (Å²) in [5.74, 6) is 1.17. The molecule has 2 aromatic rings. The number of rotatable bonds is 3. The van der Waals surface area contributed by atoms with Gasteiger partial charge in [-0.05, 0) is 24.6 Å². The molecule has 80 valence electrons. The summed E-state index contributed by atoms with van der Waals surface area (Å²) in [4.78, 5) is 18.2. The van der Waals surface area contributed by atoms with Crippen molar-refractivity contribution in [1.29, 1.82) is 0 Å². The number of aldehydes is 1. The smallest absolute Gasteiger partial charge is 0.222 e. The van der Waals surface area contributed by atoms with Crippen molar-refractivity contribution >= 4 is 6.29 Å². The van der Waals surface area contributed by atoms with Crippen molar-refractivity contribution in [2.24, 2.45) is 0 Å². The van der Waals surface area contributed by atoms with E-state index in [2.05, 4.69) is 9.97 Å². The maximum absolute atomic E-state index is 10.5. The van der Waals surface area contributed by atoms with Gasteiger partial charge in [-0.2, -0.15) is 4.98 Å². The van der Waals surface area contributed by atoms with E-state index in [0.29, 0.717) is 17.9 Å². The molecule has 1 heterocycles. The SMILES string of the molecule is Cc1cccc(Oc2ccnc(C=O)n2)c1. The van der Waals surface area contributed by atoms with Gasteiger partial charge in [0, 0.05) is 12.3 Å². The first kappa shape index (κ1) is 10.3. The zero-order chi connectivity index (χ0) is 11.4. The van der Waals surface area contributed by atoms with E-state index in [1.54, 1.807) is 6.07 Å². The van der Waals surface area contributed by atoms with Crippen LogP contribution in [-0.2, 0) is 0 Å². The van der Waals surface area contributed by atoms with E-state index >= 15 is 0 Å². The summed E-state index contributed by atoms with van der Waals surface area (Å²) in [6.45, 7) is 1.98. The Hall–Kier alpha value is -2.23. The topological polar surface area (TPSA) is 52.1 Å². The Balaban J connectivity index is 2.23. The zero-order valence-corrected chi connectivity index (χ0v) is 8.75. The molecule has 0 bridgehead atoms. The molecule has 0 aliphatic carbocycles. The molecule has 4 nitrogen and oxygen atoms in total. The number of hydrogen-bond donors (Lipinski definition) is 0. The van der Waals surface area contributed by atoms with Crippen LogP contribution in [0.4, 0.5) is 0 Å². The van der Waals surface area contributed by atoms with E-state index in [1.165, 1.54) is 6.20 Å². The van der Waals surface area contributed by atoms with Crippen LogP contribution in [0.25, 0.3) is 0 Å². The molecule has 0 amide bonds. The number of aryl methyl sites for hydroxylation is 1. The van der Waals surface area contributed by atoms with Crippen molar-refractivity contribution in [2.75, 3.05) is 0 Å².